The molecule has 3 nitrogen and oxygen atoms in total. The quantitative estimate of drug-likeness (QED) is 0.335. The summed E-state index contributed by atoms with van der Waals surface area (Å²) in [4.78, 5) is 4.57. The van der Waals surface area contributed by atoms with Crippen LogP contribution < -0.4 is 5.32 Å². The zero-order chi connectivity index (χ0) is 32.1. The average molecular weight is 556 g/mol. The number of pyridine rings is 1. The number of hydrogen-bond acceptors (Lipinski definition) is 3. The summed E-state index contributed by atoms with van der Waals surface area (Å²) >= 11 is 0. The molecule has 0 bridgehead atoms. The third-order valence-corrected chi connectivity index (χ3v) is 8.05. The molecule has 2 aromatic rings. The number of hydrogen-bond donors (Lipinski definition) is 1. The lowest BCUT2D eigenvalue weighted by Gasteiger charge is -2.49. The van der Waals surface area contributed by atoms with Gasteiger partial charge in [-0.3, -0.25) is 0 Å². The van der Waals surface area contributed by atoms with Crippen molar-refractivity contribution >= 4 is 11.9 Å². The van der Waals surface area contributed by atoms with E-state index in [4.69, 9.17) is 0 Å². The molecular formula is C36H62FN3. The summed E-state index contributed by atoms with van der Waals surface area (Å²) in [7, 11) is 0. The fourth-order valence-corrected chi connectivity index (χ4v) is 4.49. The molecule has 1 unspecified atom stereocenters. The Morgan fingerprint density at radius 1 is 1.00 bits per heavy atom. The van der Waals surface area contributed by atoms with Crippen molar-refractivity contribution in [2.24, 2.45) is 16.7 Å². The van der Waals surface area contributed by atoms with E-state index >= 15 is 0 Å². The molecule has 1 N–H and O–H groups in total. The molecule has 0 fully saturated rings. The molecule has 0 saturated heterocycles. The summed E-state index contributed by atoms with van der Waals surface area (Å²) in [5.41, 5.74) is 4.53. The van der Waals surface area contributed by atoms with Crippen LogP contribution in [0.2, 0.25) is 0 Å². The summed E-state index contributed by atoms with van der Waals surface area (Å²) in [6, 6.07) is 9.44. The molecule has 0 aliphatic heterocycles. The number of nitrogens with one attached hydrogen (secondary N) is 1. The highest BCUT2D eigenvalue weighted by atomic mass is 19.1. The van der Waals surface area contributed by atoms with Gasteiger partial charge in [-0.05, 0) is 60.3 Å². The van der Waals surface area contributed by atoms with Crippen LogP contribution in [0.1, 0.15) is 131 Å². The van der Waals surface area contributed by atoms with Crippen LogP contribution in [0, 0.1) is 47.7 Å². The second-order valence-electron chi connectivity index (χ2n) is 10.0. The van der Waals surface area contributed by atoms with E-state index in [0.29, 0.717) is 17.0 Å². The van der Waals surface area contributed by atoms with Crippen molar-refractivity contribution in [3.05, 3.63) is 64.6 Å². The standard InChI is InChI=1S/C20H33N3.C10H11F.3C2H6/c1-9-19(7,10-2)20(8,14(3)4)13-22-18-11-15(5)17(12-21)16(6)23-18;1-3-8-5-6-9(4-2)10(11)7-8;3*1-2/h11,14H,9-10,13H2,1-8H3,(H,22,23);4-7H,2-3H2,1H3;3*1-2H3. The zero-order valence-electron chi connectivity index (χ0n) is 28.8. The lowest BCUT2D eigenvalue weighted by molar-refractivity contribution is 0.0248. The van der Waals surface area contributed by atoms with Gasteiger partial charge in [0.15, 0.2) is 0 Å². The summed E-state index contributed by atoms with van der Waals surface area (Å²) in [6.07, 6.45) is 4.72. The number of anilines is 1. The lowest BCUT2D eigenvalue weighted by Crippen LogP contribution is -2.46. The fraction of sp³-hybridized carbons (Fsp3) is 0.611. The van der Waals surface area contributed by atoms with Crippen molar-refractivity contribution in [3.63, 3.8) is 0 Å². The van der Waals surface area contributed by atoms with Crippen LogP contribution in [-0.4, -0.2) is 11.5 Å². The predicted molar refractivity (Wildman–Crippen MR) is 178 cm³/mol. The maximum Gasteiger partial charge on any atom is 0.130 e. The Morgan fingerprint density at radius 3 is 1.88 bits per heavy atom. The van der Waals surface area contributed by atoms with Crippen molar-refractivity contribution in [3.8, 4) is 6.07 Å². The highest BCUT2D eigenvalue weighted by Gasteiger charge is 2.44. The molecule has 0 amide bonds. The molecule has 40 heavy (non-hydrogen) atoms. The van der Waals surface area contributed by atoms with Crippen LogP contribution in [0.25, 0.3) is 6.08 Å². The van der Waals surface area contributed by atoms with E-state index in [0.717, 1.165) is 35.6 Å². The topological polar surface area (TPSA) is 48.7 Å². The Labute approximate surface area is 248 Å². The first-order valence-corrected chi connectivity index (χ1v) is 15.5. The minimum Gasteiger partial charge on any atom is -0.369 e. The first kappa shape index (κ1) is 41.8. The van der Waals surface area contributed by atoms with Crippen LogP contribution in [0.5, 0.6) is 0 Å². The van der Waals surface area contributed by atoms with Crippen LogP contribution in [-0.2, 0) is 6.42 Å². The smallest absolute Gasteiger partial charge is 0.130 e. The number of nitriles is 1. The molecule has 0 aliphatic rings. The van der Waals surface area contributed by atoms with Gasteiger partial charge in [-0.25, -0.2) is 9.37 Å². The van der Waals surface area contributed by atoms with Crippen molar-refractivity contribution in [1.82, 2.24) is 4.98 Å². The summed E-state index contributed by atoms with van der Waals surface area (Å²) < 4.78 is 13.0. The van der Waals surface area contributed by atoms with E-state index in [-0.39, 0.29) is 16.6 Å². The van der Waals surface area contributed by atoms with E-state index < -0.39 is 0 Å². The first-order valence-electron chi connectivity index (χ1n) is 15.5. The Kier molecular flexibility index (Phi) is 23.1. The summed E-state index contributed by atoms with van der Waals surface area (Å²) in [5, 5.41) is 12.7. The van der Waals surface area contributed by atoms with Gasteiger partial charge in [0.1, 0.15) is 17.7 Å². The highest BCUT2D eigenvalue weighted by Crippen LogP contribution is 2.49. The second-order valence-corrected chi connectivity index (χ2v) is 10.0. The van der Waals surface area contributed by atoms with Crippen LogP contribution >= 0.6 is 0 Å². The van der Waals surface area contributed by atoms with Gasteiger partial charge in [0.05, 0.1) is 11.3 Å². The summed E-state index contributed by atoms with van der Waals surface area (Å²) in [6.45, 7) is 36.3. The van der Waals surface area contributed by atoms with Crippen molar-refractivity contribution in [2.75, 3.05) is 11.9 Å². The molecule has 0 aliphatic carbocycles. The molecule has 1 aromatic carbocycles. The maximum absolute atomic E-state index is 13.0. The molecule has 0 radical (unpaired) electrons. The normalized spacial score (nSPS) is 11.4. The summed E-state index contributed by atoms with van der Waals surface area (Å²) in [5.74, 6) is 1.26. The van der Waals surface area contributed by atoms with Crippen LogP contribution in [0.3, 0.4) is 0 Å². The maximum atomic E-state index is 13.0. The molecule has 1 atom stereocenters. The van der Waals surface area contributed by atoms with E-state index in [1.165, 1.54) is 18.9 Å². The number of halogens is 1. The molecular weight excluding hydrogens is 493 g/mol. The Balaban J connectivity index is -0.000000670. The number of aryl methyl sites for hydroxylation is 3. The molecule has 0 spiro atoms. The van der Waals surface area contributed by atoms with E-state index in [1.807, 2.05) is 74.4 Å². The van der Waals surface area contributed by atoms with Gasteiger partial charge in [-0.1, -0.05) is 128 Å². The Bertz CT molecular complexity index is 977. The monoisotopic (exact) mass is 555 g/mol. The Morgan fingerprint density at radius 2 is 1.52 bits per heavy atom. The largest absolute Gasteiger partial charge is 0.369 e. The average Bonchev–Trinajstić information content (AvgIpc) is 2.98. The molecule has 1 aromatic heterocycles. The van der Waals surface area contributed by atoms with Gasteiger partial charge in [0, 0.05) is 12.1 Å². The Hall–Kier alpha value is -2.67. The van der Waals surface area contributed by atoms with E-state index in [1.54, 1.807) is 12.1 Å². The predicted octanol–water partition coefficient (Wildman–Crippen LogP) is 11.6. The second kappa shape index (κ2) is 22.1. The highest BCUT2D eigenvalue weighted by molar-refractivity contribution is 5.49. The van der Waals surface area contributed by atoms with Gasteiger partial charge < -0.3 is 5.32 Å². The van der Waals surface area contributed by atoms with Gasteiger partial charge in [-0.15, -0.1) is 0 Å². The lowest BCUT2D eigenvalue weighted by atomic mass is 9.57. The number of aromatic nitrogens is 1. The number of benzene rings is 1. The molecule has 2 rings (SSSR count). The van der Waals surface area contributed by atoms with Gasteiger partial charge in [0.25, 0.3) is 0 Å². The third-order valence-electron chi connectivity index (χ3n) is 8.05. The van der Waals surface area contributed by atoms with E-state index in [9.17, 15) is 9.65 Å². The van der Waals surface area contributed by atoms with Gasteiger partial charge in [-0.2, -0.15) is 5.26 Å². The van der Waals surface area contributed by atoms with Gasteiger partial charge in [0.2, 0.25) is 0 Å². The third kappa shape index (κ3) is 11.8. The number of nitrogens with zero attached hydrogens (tertiary/aromatic N) is 2. The minimum absolute atomic E-state index is 0.174. The zero-order valence-corrected chi connectivity index (χ0v) is 28.8. The number of rotatable bonds is 9. The van der Waals surface area contributed by atoms with Crippen LogP contribution in [0.4, 0.5) is 10.2 Å². The first-order chi connectivity index (χ1) is 18.9. The molecule has 4 heteroatoms. The van der Waals surface area contributed by atoms with Crippen molar-refractivity contribution in [1.29, 1.82) is 5.26 Å². The van der Waals surface area contributed by atoms with Crippen molar-refractivity contribution in [2.45, 2.75) is 123 Å². The molecule has 1 heterocycles. The SMILES string of the molecule is C=Cc1ccc(CC)cc1F.CC.CC.CC.CCC(C)(CC)C(C)(CNc1cc(C)c(C#N)c(C)n1)C(C)C. The van der Waals surface area contributed by atoms with Crippen LogP contribution in [0.15, 0.2) is 30.8 Å². The molecule has 0 saturated carbocycles. The van der Waals surface area contributed by atoms with E-state index in [2.05, 4.69) is 64.5 Å². The minimum atomic E-state index is -0.181. The molecule has 228 valence electrons. The van der Waals surface area contributed by atoms with Gasteiger partial charge >= 0.3 is 0 Å². The fourth-order valence-electron chi connectivity index (χ4n) is 4.49. The van der Waals surface area contributed by atoms with Crippen molar-refractivity contribution < 1.29 is 4.39 Å².